The van der Waals surface area contributed by atoms with Crippen LogP contribution in [-0.2, 0) is 16.1 Å². The van der Waals surface area contributed by atoms with Crippen molar-refractivity contribution in [2.45, 2.75) is 39.3 Å². The van der Waals surface area contributed by atoms with Crippen LogP contribution in [0.5, 0.6) is 11.5 Å². The Morgan fingerprint density at radius 3 is 2.33 bits per heavy atom. The highest BCUT2D eigenvalue weighted by atomic mass is 35.5. The van der Waals surface area contributed by atoms with Gasteiger partial charge in [0.1, 0.15) is 17.5 Å². The molecule has 2 amide bonds. The van der Waals surface area contributed by atoms with Crippen LogP contribution in [0.25, 0.3) is 0 Å². The number of benzene rings is 2. The van der Waals surface area contributed by atoms with Gasteiger partial charge in [0, 0.05) is 18.1 Å². The van der Waals surface area contributed by atoms with Crippen LogP contribution in [0, 0.1) is 0 Å². The molecule has 0 spiro atoms. The average Bonchev–Trinajstić information content (AvgIpc) is 2.77. The Morgan fingerprint density at radius 1 is 1.07 bits per heavy atom. The summed E-state index contributed by atoms with van der Waals surface area (Å²) in [6.45, 7) is 4.46. The molecule has 0 aromatic heterocycles. The monoisotopic (exact) mass is 432 g/mol. The van der Waals surface area contributed by atoms with Crippen molar-refractivity contribution in [1.82, 2.24) is 10.2 Å². The maximum atomic E-state index is 13.1. The molecule has 2 aromatic rings. The number of carbonyl (C=O) groups is 2. The zero-order valence-electron chi connectivity index (χ0n) is 17.7. The maximum absolute atomic E-state index is 13.1. The van der Waals surface area contributed by atoms with Gasteiger partial charge < -0.3 is 19.7 Å². The third-order valence-electron chi connectivity index (χ3n) is 4.66. The minimum absolute atomic E-state index is 0.177. The largest absolute Gasteiger partial charge is 0.497 e. The zero-order valence-corrected chi connectivity index (χ0v) is 18.4. The molecule has 0 saturated heterocycles. The van der Waals surface area contributed by atoms with Crippen LogP contribution in [0.15, 0.2) is 48.5 Å². The van der Waals surface area contributed by atoms with Gasteiger partial charge in [0.2, 0.25) is 5.91 Å². The highest BCUT2D eigenvalue weighted by Gasteiger charge is 2.29. The lowest BCUT2D eigenvalue weighted by atomic mass is 10.1. The van der Waals surface area contributed by atoms with Crippen molar-refractivity contribution < 1.29 is 19.1 Å². The van der Waals surface area contributed by atoms with Crippen molar-refractivity contribution in [3.63, 3.8) is 0 Å². The Labute approximate surface area is 183 Å². The van der Waals surface area contributed by atoms with E-state index in [0.29, 0.717) is 29.5 Å². The zero-order chi connectivity index (χ0) is 21.9. The van der Waals surface area contributed by atoms with Gasteiger partial charge in [-0.05, 0) is 48.7 Å². The van der Waals surface area contributed by atoms with Gasteiger partial charge in [0.25, 0.3) is 5.91 Å². The number of carbonyl (C=O) groups excluding carboxylic acids is 2. The summed E-state index contributed by atoms with van der Waals surface area (Å²) in [7, 11) is 1.58. The highest BCUT2D eigenvalue weighted by molar-refractivity contribution is 6.31. The van der Waals surface area contributed by atoms with Crippen LogP contribution in [0.3, 0.4) is 0 Å². The Hall–Kier alpha value is -2.73. The molecular formula is C23H29ClN2O4. The predicted molar refractivity (Wildman–Crippen MR) is 118 cm³/mol. The van der Waals surface area contributed by atoms with E-state index in [4.69, 9.17) is 21.1 Å². The molecule has 0 heterocycles. The molecule has 6 nitrogen and oxygen atoms in total. The first-order valence-corrected chi connectivity index (χ1v) is 10.4. The van der Waals surface area contributed by atoms with Gasteiger partial charge >= 0.3 is 0 Å². The van der Waals surface area contributed by atoms with Crippen molar-refractivity contribution in [2.24, 2.45) is 0 Å². The van der Waals surface area contributed by atoms with E-state index < -0.39 is 6.04 Å². The van der Waals surface area contributed by atoms with E-state index in [1.54, 1.807) is 37.4 Å². The van der Waals surface area contributed by atoms with Crippen molar-refractivity contribution in [3.05, 3.63) is 59.1 Å². The SMILES string of the molecule is CCCNC(=O)[C@@H](CC)N(Cc1ccccc1Cl)C(=O)COc1ccc(OC)cc1. The summed E-state index contributed by atoms with van der Waals surface area (Å²) in [5.41, 5.74) is 0.777. The first kappa shape index (κ1) is 23.5. The number of halogens is 1. The smallest absolute Gasteiger partial charge is 0.261 e. The minimum atomic E-state index is -0.611. The first-order valence-electron chi connectivity index (χ1n) is 10.1. The van der Waals surface area contributed by atoms with Gasteiger partial charge in [-0.3, -0.25) is 9.59 Å². The standard InChI is InChI=1S/C23H29ClN2O4/c1-4-14-25-23(28)21(5-2)26(15-17-8-6-7-9-20(17)24)22(27)16-30-19-12-10-18(29-3)11-13-19/h6-13,21H,4-5,14-16H2,1-3H3,(H,25,28)/t21-/m1/s1. The summed E-state index contributed by atoms with van der Waals surface area (Å²) >= 11 is 6.30. The van der Waals surface area contributed by atoms with Crippen molar-refractivity contribution in [2.75, 3.05) is 20.3 Å². The Balaban J connectivity index is 2.18. The van der Waals surface area contributed by atoms with E-state index in [1.807, 2.05) is 32.0 Å². The Bertz CT molecular complexity index is 826. The molecule has 0 bridgehead atoms. The molecule has 2 aromatic carbocycles. The number of rotatable bonds is 11. The summed E-state index contributed by atoms with van der Waals surface area (Å²) < 4.78 is 10.8. The molecule has 0 unspecified atom stereocenters. The lowest BCUT2D eigenvalue weighted by molar-refractivity contribution is -0.143. The van der Waals surface area contributed by atoms with E-state index in [-0.39, 0.29) is 25.0 Å². The van der Waals surface area contributed by atoms with Crippen molar-refractivity contribution in [3.8, 4) is 11.5 Å². The highest BCUT2D eigenvalue weighted by Crippen LogP contribution is 2.21. The van der Waals surface area contributed by atoms with E-state index in [2.05, 4.69) is 5.32 Å². The molecule has 0 radical (unpaired) electrons. The van der Waals surface area contributed by atoms with Gasteiger partial charge in [-0.2, -0.15) is 0 Å². The molecule has 2 rings (SSSR count). The van der Waals surface area contributed by atoms with Crippen LogP contribution in [-0.4, -0.2) is 43.0 Å². The predicted octanol–water partition coefficient (Wildman–Crippen LogP) is 4.06. The van der Waals surface area contributed by atoms with Crippen LogP contribution < -0.4 is 14.8 Å². The number of nitrogens with one attached hydrogen (secondary N) is 1. The molecule has 1 atom stereocenters. The van der Waals surface area contributed by atoms with E-state index in [9.17, 15) is 9.59 Å². The van der Waals surface area contributed by atoms with Crippen molar-refractivity contribution in [1.29, 1.82) is 0 Å². The lowest BCUT2D eigenvalue weighted by Gasteiger charge is -2.30. The second-order valence-electron chi connectivity index (χ2n) is 6.79. The number of ether oxygens (including phenoxy) is 2. The summed E-state index contributed by atoms with van der Waals surface area (Å²) in [5, 5.41) is 3.44. The fourth-order valence-corrected chi connectivity index (χ4v) is 3.19. The fourth-order valence-electron chi connectivity index (χ4n) is 3.00. The minimum Gasteiger partial charge on any atom is -0.497 e. The van der Waals surface area contributed by atoms with E-state index in [1.165, 1.54) is 4.90 Å². The van der Waals surface area contributed by atoms with Gasteiger partial charge in [-0.1, -0.05) is 43.6 Å². The third-order valence-corrected chi connectivity index (χ3v) is 5.02. The molecule has 0 aliphatic carbocycles. The summed E-state index contributed by atoms with van der Waals surface area (Å²) in [6, 6.07) is 13.7. The summed E-state index contributed by atoms with van der Waals surface area (Å²) in [5.74, 6) is 0.784. The third kappa shape index (κ3) is 6.66. The molecule has 1 N–H and O–H groups in total. The summed E-state index contributed by atoms with van der Waals surface area (Å²) in [4.78, 5) is 27.3. The number of amides is 2. The summed E-state index contributed by atoms with van der Waals surface area (Å²) in [6.07, 6.45) is 1.30. The molecule has 7 heteroatoms. The van der Waals surface area contributed by atoms with Gasteiger partial charge in [0.05, 0.1) is 7.11 Å². The van der Waals surface area contributed by atoms with E-state index >= 15 is 0 Å². The normalized spacial score (nSPS) is 11.5. The van der Waals surface area contributed by atoms with Gasteiger partial charge in [-0.15, -0.1) is 0 Å². The lowest BCUT2D eigenvalue weighted by Crippen LogP contribution is -2.50. The first-order chi connectivity index (χ1) is 14.5. The fraction of sp³-hybridized carbons (Fsp3) is 0.391. The Morgan fingerprint density at radius 2 is 1.73 bits per heavy atom. The van der Waals surface area contributed by atoms with Crippen LogP contribution in [0.2, 0.25) is 5.02 Å². The maximum Gasteiger partial charge on any atom is 0.261 e. The van der Waals surface area contributed by atoms with Crippen LogP contribution in [0.1, 0.15) is 32.3 Å². The van der Waals surface area contributed by atoms with Crippen molar-refractivity contribution >= 4 is 23.4 Å². The molecule has 0 fully saturated rings. The van der Waals surface area contributed by atoms with Crippen LogP contribution >= 0.6 is 11.6 Å². The van der Waals surface area contributed by atoms with Crippen LogP contribution in [0.4, 0.5) is 0 Å². The molecule has 0 saturated carbocycles. The molecule has 0 aliphatic heterocycles. The number of nitrogens with zero attached hydrogens (tertiary/aromatic N) is 1. The second-order valence-corrected chi connectivity index (χ2v) is 7.20. The Kier molecular flexibility index (Phi) is 9.48. The quantitative estimate of drug-likeness (QED) is 0.581. The number of methoxy groups -OCH3 is 1. The van der Waals surface area contributed by atoms with Gasteiger partial charge in [-0.25, -0.2) is 0 Å². The molecular weight excluding hydrogens is 404 g/mol. The average molecular weight is 433 g/mol. The molecule has 30 heavy (non-hydrogen) atoms. The molecule has 0 aliphatic rings. The number of hydrogen-bond donors (Lipinski definition) is 1. The van der Waals surface area contributed by atoms with Gasteiger partial charge in [0.15, 0.2) is 6.61 Å². The topological polar surface area (TPSA) is 67.9 Å². The van der Waals surface area contributed by atoms with E-state index in [0.717, 1.165) is 12.0 Å². The molecule has 162 valence electrons. The number of hydrogen-bond acceptors (Lipinski definition) is 4. The second kappa shape index (κ2) is 12.1.